The number of hydrogen-bond acceptors (Lipinski definition) is 3. The normalized spacial score (nSPS) is 25.5. The summed E-state index contributed by atoms with van der Waals surface area (Å²) in [4.78, 5) is 17.9. The first kappa shape index (κ1) is 26.2. The van der Waals surface area contributed by atoms with Crippen molar-refractivity contribution in [3.63, 3.8) is 0 Å². The maximum Gasteiger partial charge on any atom is 0.416 e. The van der Waals surface area contributed by atoms with Crippen molar-refractivity contribution in [2.75, 3.05) is 19.7 Å². The summed E-state index contributed by atoms with van der Waals surface area (Å²) >= 11 is 0. The lowest BCUT2D eigenvalue weighted by atomic mass is 9.80. The Kier molecular flexibility index (Phi) is 7.09. The Labute approximate surface area is 215 Å². The van der Waals surface area contributed by atoms with Crippen LogP contribution in [0.4, 0.5) is 17.6 Å². The van der Waals surface area contributed by atoms with Gasteiger partial charge < -0.3 is 9.64 Å². The Bertz CT molecular complexity index is 1120. The Morgan fingerprint density at radius 3 is 2.27 bits per heavy atom. The number of benzene rings is 2. The van der Waals surface area contributed by atoms with Crippen LogP contribution >= 0.6 is 0 Å². The molecular formula is C29H34F4N2O2. The summed E-state index contributed by atoms with van der Waals surface area (Å²) in [5, 5.41) is 0. The zero-order valence-corrected chi connectivity index (χ0v) is 21.4. The van der Waals surface area contributed by atoms with Gasteiger partial charge in [0.15, 0.2) is 0 Å². The molecule has 3 heterocycles. The number of carbonyl (C=O) groups is 1. The topological polar surface area (TPSA) is 32.8 Å². The molecule has 200 valence electrons. The number of fused-ring (bicyclic) bond motifs is 1. The summed E-state index contributed by atoms with van der Waals surface area (Å²) in [6, 6.07) is 10.8. The number of rotatable bonds is 4. The third-order valence-corrected chi connectivity index (χ3v) is 8.61. The van der Waals surface area contributed by atoms with Gasteiger partial charge in [-0.05, 0) is 91.6 Å². The molecule has 37 heavy (non-hydrogen) atoms. The first-order valence-electron chi connectivity index (χ1n) is 13.2. The summed E-state index contributed by atoms with van der Waals surface area (Å²) in [5.41, 5.74) is 0.855. The highest BCUT2D eigenvalue weighted by Gasteiger charge is 2.49. The molecule has 0 aromatic heterocycles. The van der Waals surface area contributed by atoms with E-state index in [1.165, 1.54) is 23.8 Å². The van der Waals surface area contributed by atoms with E-state index in [9.17, 15) is 22.4 Å². The maximum atomic E-state index is 13.8. The number of ether oxygens (including phenoxy) is 1. The van der Waals surface area contributed by atoms with Crippen LogP contribution in [0.2, 0.25) is 0 Å². The second-order valence-electron chi connectivity index (χ2n) is 11.1. The van der Waals surface area contributed by atoms with Crippen LogP contribution in [0.15, 0.2) is 42.5 Å². The third kappa shape index (κ3) is 5.15. The monoisotopic (exact) mass is 518 g/mol. The fraction of sp³-hybridized carbons (Fsp3) is 0.552. The predicted molar refractivity (Wildman–Crippen MR) is 132 cm³/mol. The molecule has 0 saturated carbocycles. The number of carbonyl (C=O) groups excluding carboxylic acids is 1. The van der Waals surface area contributed by atoms with E-state index in [0.717, 1.165) is 50.0 Å². The van der Waals surface area contributed by atoms with Crippen molar-refractivity contribution < 1.29 is 27.1 Å². The van der Waals surface area contributed by atoms with Crippen molar-refractivity contribution in [1.82, 2.24) is 9.80 Å². The summed E-state index contributed by atoms with van der Waals surface area (Å²) in [5.74, 6) is 0.0280. The summed E-state index contributed by atoms with van der Waals surface area (Å²) in [6.45, 7) is 6.78. The number of halogens is 4. The third-order valence-electron chi connectivity index (χ3n) is 8.61. The van der Waals surface area contributed by atoms with E-state index in [0.29, 0.717) is 31.1 Å². The number of nitrogens with zero attached hydrogens (tertiary/aromatic N) is 2. The van der Waals surface area contributed by atoms with Crippen LogP contribution in [-0.4, -0.2) is 47.0 Å². The highest BCUT2D eigenvalue weighted by Crippen LogP contribution is 2.40. The molecular weight excluding hydrogens is 484 g/mol. The Morgan fingerprint density at radius 1 is 1.00 bits per heavy atom. The molecule has 2 fully saturated rings. The van der Waals surface area contributed by atoms with Crippen LogP contribution in [0.25, 0.3) is 0 Å². The molecule has 1 amide bonds. The van der Waals surface area contributed by atoms with E-state index in [1.807, 2.05) is 26.0 Å². The summed E-state index contributed by atoms with van der Waals surface area (Å²) < 4.78 is 59.2. The Morgan fingerprint density at radius 2 is 1.68 bits per heavy atom. The molecule has 1 unspecified atom stereocenters. The summed E-state index contributed by atoms with van der Waals surface area (Å²) in [7, 11) is 0. The van der Waals surface area contributed by atoms with Crippen LogP contribution in [0.5, 0.6) is 0 Å². The maximum absolute atomic E-state index is 13.8. The van der Waals surface area contributed by atoms with E-state index in [2.05, 4.69) is 4.90 Å². The number of piperidine rings is 1. The van der Waals surface area contributed by atoms with Crippen molar-refractivity contribution >= 4 is 5.91 Å². The molecule has 0 N–H and O–H groups in total. The van der Waals surface area contributed by atoms with E-state index >= 15 is 0 Å². The Hall–Kier alpha value is -2.45. The molecule has 2 saturated heterocycles. The van der Waals surface area contributed by atoms with Gasteiger partial charge in [0.05, 0.1) is 12.2 Å². The van der Waals surface area contributed by atoms with Gasteiger partial charge in [-0.2, -0.15) is 13.2 Å². The van der Waals surface area contributed by atoms with Crippen LogP contribution in [0.1, 0.15) is 67.7 Å². The zero-order chi connectivity index (χ0) is 26.4. The average molecular weight is 519 g/mol. The first-order valence-corrected chi connectivity index (χ1v) is 13.2. The van der Waals surface area contributed by atoms with Gasteiger partial charge in [-0.1, -0.05) is 32.0 Å². The number of amides is 1. The highest BCUT2D eigenvalue weighted by molar-refractivity contribution is 5.86. The number of alkyl halides is 3. The molecule has 2 aromatic rings. The molecule has 0 aliphatic carbocycles. The molecule has 0 bridgehead atoms. The molecule has 2 atom stereocenters. The molecule has 3 aliphatic heterocycles. The molecule has 2 aromatic carbocycles. The first-order chi connectivity index (χ1) is 17.6. The minimum absolute atomic E-state index is 0.0559. The standard InChI is InChI=1S/C29H34F4N2O2/c1-19(2)28(27(36)35-16-22-3-6-24(29(31,32)33)15-23(22)17-35)12-9-26(18-37-28)34-13-10-21(11-14-34)20-4-7-25(30)8-5-20/h3-8,15,19,21,26H,9-14,16-18H2,1-2H3/t26?,28-/m0/s1. The average Bonchev–Trinajstić information content (AvgIpc) is 3.32. The van der Waals surface area contributed by atoms with Gasteiger partial charge in [-0.15, -0.1) is 0 Å². The van der Waals surface area contributed by atoms with Gasteiger partial charge >= 0.3 is 6.18 Å². The Balaban J connectivity index is 1.20. The van der Waals surface area contributed by atoms with Gasteiger partial charge in [0.1, 0.15) is 11.4 Å². The molecule has 4 nitrogen and oxygen atoms in total. The second kappa shape index (κ2) is 10.0. The van der Waals surface area contributed by atoms with Gasteiger partial charge in [0, 0.05) is 19.1 Å². The van der Waals surface area contributed by atoms with Crippen molar-refractivity contribution in [2.45, 2.75) is 76.4 Å². The largest absolute Gasteiger partial charge is 0.416 e. The second-order valence-corrected chi connectivity index (χ2v) is 11.1. The van der Waals surface area contributed by atoms with E-state index in [4.69, 9.17) is 4.74 Å². The zero-order valence-electron chi connectivity index (χ0n) is 21.4. The van der Waals surface area contributed by atoms with Gasteiger partial charge in [0.25, 0.3) is 5.91 Å². The van der Waals surface area contributed by atoms with E-state index in [-0.39, 0.29) is 30.2 Å². The fourth-order valence-corrected chi connectivity index (χ4v) is 6.26. The molecule has 5 rings (SSSR count). The quantitative estimate of drug-likeness (QED) is 0.456. The fourth-order valence-electron chi connectivity index (χ4n) is 6.26. The molecule has 8 heteroatoms. The van der Waals surface area contributed by atoms with Crippen LogP contribution in [0.3, 0.4) is 0 Å². The lowest BCUT2D eigenvalue weighted by molar-refractivity contribution is -0.181. The van der Waals surface area contributed by atoms with E-state index < -0.39 is 17.3 Å². The summed E-state index contributed by atoms with van der Waals surface area (Å²) in [6.07, 6.45) is -0.970. The minimum Gasteiger partial charge on any atom is -0.363 e. The number of hydrogen-bond donors (Lipinski definition) is 0. The molecule has 0 spiro atoms. The molecule has 0 radical (unpaired) electrons. The van der Waals surface area contributed by atoms with E-state index in [1.54, 1.807) is 4.90 Å². The van der Waals surface area contributed by atoms with Gasteiger partial charge in [-0.25, -0.2) is 4.39 Å². The smallest absolute Gasteiger partial charge is 0.363 e. The van der Waals surface area contributed by atoms with Gasteiger partial charge in [0.2, 0.25) is 0 Å². The van der Waals surface area contributed by atoms with Gasteiger partial charge in [-0.3, -0.25) is 9.69 Å². The lowest BCUT2D eigenvalue weighted by Crippen LogP contribution is -2.58. The van der Waals surface area contributed by atoms with Crippen LogP contribution in [-0.2, 0) is 28.8 Å². The predicted octanol–water partition coefficient (Wildman–Crippen LogP) is 6.14. The van der Waals surface area contributed by atoms with Crippen molar-refractivity contribution in [3.05, 3.63) is 70.5 Å². The highest BCUT2D eigenvalue weighted by atomic mass is 19.4. The number of likely N-dealkylation sites (tertiary alicyclic amines) is 1. The van der Waals surface area contributed by atoms with Crippen molar-refractivity contribution in [1.29, 1.82) is 0 Å². The lowest BCUT2D eigenvalue weighted by Gasteiger charge is -2.47. The van der Waals surface area contributed by atoms with Crippen molar-refractivity contribution in [2.24, 2.45) is 5.92 Å². The van der Waals surface area contributed by atoms with Crippen molar-refractivity contribution in [3.8, 4) is 0 Å². The van der Waals surface area contributed by atoms with Crippen LogP contribution in [0, 0.1) is 11.7 Å². The minimum atomic E-state index is -4.40. The van der Waals surface area contributed by atoms with Crippen LogP contribution < -0.4 is 0 Å². The molecule has 3 aliphatic rings. The SMILES string of the molecule is CC(C)[C@]1(C(=O)N2Cc3ccc(C(F)(F)F)cc3C2)CCC(N2CCC(c3ccc(F)cc3)CC2)CO1.